The van der Waals surface area contributed by atoms with Crippen molar-refractivity contribution < 1.29 is 0 Å². The Kier molecular flexibility index (Phi) is 2.90. The minimum absolute atomic E-state index is 0.0365. The van der Waals surface area contributed by atoms with Gasteiger partial charge in [0.15, 0.2) is 0 Å². The molecule has 1 atom stereocenters. The lowest BCUT2D eigenvalue weighted by Gasteiger charge is -2.14. The van der Waals surface area contributed by atoms with Crippen molar-refractivity contribution in [2.24, 2.45) is 0 Å². The van der Waals surface area contributed by atoms with Crippen molar-refractivity contribution in [3.05, 3.63) is 5.82 Å². The molecule has 1 fully saturated rings. The summed E-state index contributed by atoms with van der Waals surface area (Å²) in [6.45, 7) is 8.31. The summed E-state index contributed by atoms with van der Waals surface area (Å²) in [5.74, 6) is 0.931. The van der Waals surface area contributed by atoms with Crippen LogP contribution in [0, 0.1) is 0 Å². The molecule has 1 aromatic heterocycles. The number of hydrogen-bond donors (Lipinski definition) is 0. The fraction of sp³-hybridized carbons (Fsp3) is 0.800. The molecule has 0 aromatic carbocycles. The molecule has 0 amide bonds. The number of anilines is 1. The van der Waals surface area contributed by atoms with Crippen molar-refractivity contribution in [1.82, 2.24) is 9.36 Å². The van der Waals surface area contributed by atoms with Crippen LogP contribution in [0.3, 0.4) is 0 Å². The lowest BCUT2D eigenvalue weighted by atomic mass is 9.96. The summed E-state index contributed by atoms with van der Waals surface area (Å²) in [5.41, 5.74) is 0.0365. The van der Waals surface area contributed by atoms with E-state index in [0.717, 1.165) is 30.5 Å². The van der Waals surface area contributed by atoms with Crippen molar-refractivity contribution in [1.29, 1.82) is 0 Å². The molecule has 15 heavy (non-hydrogen) atoms. The molecule has 0 radical (unpaired) electrons. The van der Waals surface area contributed by atoms with E-state index >= 15 is 0 Å². The van der Waals surface area contributed by atoms with E-state index in [1.165, 1.54) is 11.5 Å². The van der Waals surface area contributed by atoms with E-state index in [2.05, 4.69) is 35.0 Å². The zero-order valence-electron chi connectivity index (χ0n) is 9.33. The van der Waals surface area contributed by atoms with E-state index < -0.39 is 0 Å². The van der Waals surface area contributed by atoms with E-state index in [1.807, 2.05) is 0 Å². The summed E-state index contributed by atoms with van der Waals surface area (Å²) in [6.07, 6.45) is 1.05. The average molecular weight is 246 g/mol. The van der Waals surface area contributed by atoms with Gasteiger partial charge in [-0.15, -0.1) is 11.6 Å². The summed E-state index contributed by atoms with van der Waals surface area (Å²) in [7, 11) is 0. The summed E-state index contributed by atoms with van der Waals surface area (Å²) in [6, 6.07) is 0. The van der Waals surface area contributed by atoms with Gasteiger partial charge < -0.3 is 4.90 Å². The molecule has 0 N–H and O–H groups in total. The van der Waals surface area contributed by atoms with Crippen LogP contribution in [0.2, 0.25) is 0 Å². The molecule has 1 aliphatic rings. The molecule has 0 spiro atoms. The monoisotopic (exact) mass is 245 g/mol. The second kappa shape index (κ2) is 3.91. The SMILES string of the molecule is CC(C)(C)c1nsc(N2CCC(Cl)C2)n1. The number of nitrogens with zero attached hydrogens (tertiary/aromatic N) is 3. The molecule has 84 valence electrons. The van der Waals surface area contributed by atoms with Gasteiger partial charge in [-0.25, -0.2) is 4.98 Å². The van der Waals surface area contributed by atoms with Gasteiger partial charge in [0.1, 0.15) is 5.82 Å². The van der Waals surface area contributed by atoms with Crippen LogP contribution in [0.25, 0.3) is 0 Å². The molecule has 1 aliphatic heterocycles. The van der Waals surface area contributed by atoms with Gasteiger partial charge in [-0.3, -0.25) is 0 Å². The largest absolute Gasteiger partial charge is 0.345 e. The van der Waals surface area contributed by atoms with Crippen molar-refractivity contribution in [3.8, 4) is 0 Å². The normalized spacial score (nSPS) is 22.4. The Morgan fingerprint density at radius 1 is 1.47 bits per heavy atom. The Balaban J connectivity index is 2.14. The maximum atomic E-state index is 6.07. The number of aromatic nitrogens is 2. The van der Waals surface area contributed by atoms with E-state index in [0.29, 0.717) is 0 Å². The van der Waals surface area contributed by atoms with Gasteiger partial charge in [-0.05, 0) is 6.42 Å². The molecular formula is C10H16ClN3S. The number of halogens is 1. The molecule has 1 aromatic rings. The van der Waals surface area contributed by atoms with Gasteiger partial charge in [0.05, 0.1) is 5.38 Å². The number of hydrogen-bond acceptors (Lipinski definition) is 4. The Morgan fingerprint density at radius 3 is 2.67 bits per heavy atom. The van der Waals surface area contributed by atoms with Crippen LogP contribution in [0.5, 0.6) is 0 Å². The quantitative estimate of drug-likeness (QED) is 0.713. The first kappa shape index (κ1) is 11.1. The van der Waals surface area contributed by atoms with Crippen LogP contribution in [0.4, 0.5) is 5.13 Å². The fourth-order valence-electron chi connectivity index (χ4n) is 1.54. The van der Waals surface area contributed by atoms with Crippen LogP contribution in [0.15, 0.2) is 0 Å². The van der Waals surface area contributed by atoms with Crippen molar-refractivity contribution in [3.63, 3.8) is 0 Å². The van der Waals surface area contributed by atoms with Gasteiger partial charge in [-0.2, -0.15) is 4.37 Å². The molecule has 1 saturated heterocycles. The lowest BCUT2D eigenvalue weighted by Crippen LogP contribution is -2.20. The third kappa shape index (κ3) is 2.42. The summed E-state index contributed by atoms with van der Waals surface area (Å²) in [5, 5.41) is 1.29. The van der Waals surface area contributed by atoms with Crippen LogP contribution in [-0.2, 0) is 5.41 Å². The molecule has 3 nitrogen and oxygen atoms in total. The molecule has 0 aliphatic carbocycles. The highest BCUT2D eigenvalue weighted by Crippen LogP contribution is 2.28. The van der Waals surface area contributed by atoms with Crippen LogP contribution in [0.1, 0.15) is 33.0 Å². The molecule has 0 bridgehead atoms. The van der Waals surface area contributed by atoms with Crippen LogP contribution < -0.4 is 4.90 Å². The summed E-state index contributed by atoms with van der Waals surface area (Å²) >= 11 is 7.55. The number of rotatable bonds is 1. The Hall–Kier alpha value is -0.350. The smallest absolute Gasteiger partial charge is 0.205 e. The first-order chi connectivity index (χ1) is 6.97. The first-order valence-electron chi connectivity index (χ1n) is 5.20. The van der Waals surface area contributed by atoms with Gasteiger partial charge in [-0.1, -0.05) is 20.8 Å². The van der Waals surface area contributed by atoms with Crippen molar-refractivity contribution >= 4 is 28.3 Å². The minimum Gasteiger partial charge on any atom is -0.345 e. The van der Waals surface area contributed by atoms with Gasteiger partial charge in [0.25, 0.3) is 0 Å². The molecule has 2 rings (SSSR count). The summed E-state index contributed by atoms with van der Waals surface area (Å²) < 4.78 is 4.40. The topological polar surface area (TPSA) is 29.0 Å². The van der Waals surface area contributed by atoms with E-state index in [9.17, 15) is 0 Å². The van der Waals surface area contributed by atoms with E-state index in [1.54, 1.807) is 0 Å². The first-order valence-corrected chi connectivity index (χ1v) is 6.41. The van der Waals surface area contributed by atoms with Gasteiger partial charge in [0, 0.05) is 30.0 Å². The second-order valence-corrected chi connectivity index (χ2v) is 6.33. The molecule has 0 saturated carbocycles. The standard InChI is InChI=1S/C10H16ClN3S/c1-10(2,3)8-12-9(15-13-8)14-5-4-7(11)6-14/h7H,4-6H2,1-3H3. The Morgan fingerprint density at radius 2 is 2.20 bits per heavy atom. The van der Waals surface area contributed by atoms with Gasteiger partial charge in [0.2, 0.25) is 5.13 Å². The maximum Gasteiger partial charge on any atom is 0.205 e. The van der Waals surface area contributed by atoms with Crippen molar-refractivity contribution in [2.75, 3.05) is 18.0 Å². The zero-order valence-corrected chi connectivity index (χ0v) is 10.9. The average Bonchev–Trinajstić information content (AvgIpc) is 2.69. The highest BCUT2D eigenvalue weighted by atomic mass is 35.5. The van der Waals surface area contributed by atoms with Crippen molar-refractivity contribution in [2.45, 2.75) is 38.0 Å². The predicted octanol–water partition coefficient (Wildman–Crippen LogP) is 2.65. The van der Waals surface area contributed by atoms with E-state index in [4.69, 9.17) is 11.6 Å². The summed E-state index contributed by atoms with van der Waals surface area (Å²) in [4.78, 5) is 6.80. The molecule has 2 heterocycles. The molecular weight excluding hydrogens is 230 g/mol. The highest BCUT2D eigenvalue weighted by molar-refractivity contribution is 7.09. The van der Waals surface area contributed by atoms with Crippen LogP contribution in [-0.4, -0.2) is 27.8 Å². The Labute approximate surface area is 99.6 Å². The molecule has 5 heteroatoms. The predicted molar refractivity (Wildman–Crippen MR) is 65.1 cm³/mol. The fourth-order valence-corrected chi connectivity index (χ4v) is 2.70. The third-order valence-corrected chi connectivity index (χ3v) is 3.62. The molecule has 1 unspecified atom stereocenters. The number of alkyl halides is 1. The maximum absolute atomic E-state index is 6.07. The Bertz CT molecular complexity index is 345. The minimum atomic E-state index is 0.0365. The van der Waals surface area contributed by atoms with E-state index in [-0.39, 0.29) is 10.8 Å². The van der Waals surface area contributed by atoms with Crippen LogP contribution >= 0.6 is 23.1 Å². The second-order valence-electron chi connectivity index (χ2n) is 4.98. The zero-order chi connectivity index (χ0) is 11.1. The third-order valence-electron chi connectivity index (χ3n) is 2.49. The van der Waals surface area contributed by atoms with Gasteiger partial charge >= 0.3 is 0 Å². The highest BCUT2D eigenvalue weighted by Gasteiger charge is 2.26. The lowest BCUT2D eigenvalue weighted by molar-refractivity contribution is 0.554.